The van der Waals surface area contributed by atoms with Gasteiger partial charge >= 0.3 is 0 Å². The van der Waals surface area contributed by atoms with Crippen LogP contribution in [0.4, 0.5) is 0 Å². The molecule has 0 aromatic rings. The Labute approximate surface area is 89.8 Å². The number of hydrogen-bond acceptors (Lipinski definition) is 0. The Morgan fingerprint density at radius 1 is 0.929 bits per heavy atom. The molecule has 0 heterocycles. The molecule has 0 aliphatic rings. The van der Waals surface area contributed by atoms with Gasteiger partial charge in [-0.3, -0.25) is 0 Å². The van der Waals surface area contributed by atoms with Gasteiger partial charge in [0, 0.05) is 6.42 Å². The van der Waals surface area contributed by atoms with E-state index in [-0.39, 0.29) is 0 Å². The maximum atomic E-state index is 3.18. The van der Waals surface area contributed by atoms with Crippen LogP contribution in [0.3, 0.4) is 0 Å². The molecule has 0 fully saturated rings. The molecular formula is C14H24. The van der Waals surface area contributed by atoms with E-state index in [2.05, 4.69) is 31.8 Å². The van der Waals surface area contributed by atoms with Crippen molar-refractivity contribution in [2.75, 3.05) is 0 Å². The Hall–Kier alpha value is -0.700. The summed E-state index contributed by atoms with van der Waals surface area (Å²) in [6.45, 7) is 4.45. The van der Waals surface area contributed by atoms with Crippen molar-refractivity contribution in [3.05, 3.63) is 12.2 Å². The van der Waals surface area contributed by atoms with Crippen LogP contribution in [0, 0.1) is 11.8 Å². The molecular weight excluding hydrogens is 168 g/mol. The van der Waals surface area contributed by atoms with Crippen LogP contribution in [0.5, 0.6) is 0 Å². The van der Waals surface area contributed by atoms with Crippen molar-refractivity contribution in [1.82, 2.24) is 0 Å². The van der Waals surface area contributed by atoms with E-state index in [0.717, 1.165) is 6.42 Å². The molecule has 14 heavy (non-hydrogen) atoms. The third kappa shape index (κ3) is 11.3. The van der Waals surface area contributed by atoms with Gasteiger partial charge in [0.25, 0.3) is 0 Å². The smallest absolute Gasteiger partial charge is 0.00922 e. The van der Waals surface area contributed by atoms with E-state index < -0.39 is 0 Å². The molecule has 0 saturated carbocycles. The van der Waals surface area contributed by atoms with E-state index in [4.69, 9.17) is 0 Å². The summed E-state index contributed by atoms with van der Waals surface area (Å²) >= 11 is 0. The molecule has 80 valence electrons. The van der Waals surface area contributed by atoms with Gasteiger partial charge in [-0.25, -0.2) is 0 Å². The molecule has 0 aliphatic carbocycles. The lowest BCUT2D eigenvalue weighted by atomic mass is 10.1. The zero-order valence-corrected chi connectivity index (χ0v) is 9.81. The van der Waals surface area contributed by atoms with Gasteiger partial charge in [-0.15, -0.1) is 0 Å². The highest BCUT2D eigenvalue weighted by molar-refractivity contribution is 5.14. The van der Waals surface area contributed by atoms with Crippen molar-refractivity contribution < 1.29 is 0 Å². The summed E-state index contributed by atoms with van der Waals surface area (Å²) in [6.07, 6.45) is 14.3. The van der Waals surface area contributed by atoms with Gasteiger partial charge in [0.15, 0.2) is 0 Å². The van der Waals surface area contributed by atoms with Crippen LogP contribution in [0.2, 0.25) is 0 Å². The summed E-state index contributed by atoms with van der Waals surface area (Å²) in [5.74, 6) is 6.28. The van der Waals surface area contributed by atoms with E-state index in [9.17, 15) is 0 Å². The van der Waals surface area contributed by atoms with E-state index in [1.165, 1.54) is 44.9 Å². The average molecular weight is 192 g/mol. The summed E-state index contributed by atoms with van der Waals surface area (Å²) in [7, 11) is 0. The lowest BCUT2D eigenvalue weighted by Gasteiger charge is -1.91. The highest BCUT2D eigenvalue weighted by Gasteiger charge is 1.82. The fraction of sp³-hybridized carbons (Fsp3) is 0.714. The normalized spacial score (nSPS) is 10.1. The molecule has 0 atom stereocenters. The molecule has 0 aromatic heterocycles. The van der Waals surface area contributed by atoms with Crippen LogP contribution < -0.4 is 0 Å². The molecule has 0 heteroatoms. The zero-order chi connectivity index (χ0) is 10.5. The topological polar surface area (TPSA) is 0 Å². The van der Waals surface area contributed by atoms with Crippen LogP contribution in [0.15, 0.2) is 12.2 Å². The first-order valence-electron chi connectivity index (χ1n) is 6.05. The fourth-order valence-corrected chi connectivity index (χ4v) is 1.24. The fourth-order valence-electron chi connectivity index (χ4n) is 1.24. The molecule has 0 unspecified atom stereocenters. The van der Waals surface area contributed by atoms with Crippen molar-refractivity contribution >= 4 is 0 Å². The highest BCUT2D eigenvalue weighted by Crippen LogP contribution is 2.00. The standard InChI is InChI=1S/C14H24/c1-3-5-7-9-11-13-14-12-10-8-6-4-2/h9,11H,3-8,10,12H2,1-2H3/b11-9+. The molecule has 0 radical (unpaired) electrons. The van der Waals surface area contributed by atoms with Crippen LogP contribution in [-0.2, 0) is 0 Å². The van der Waals surface area contributed by atoms with Crippen LogP contribution >= 0.6 is 0 Å². The summed E-state index contributed by atoms with van der Waals surface area (Å²) < 4.78 is 0. The predicted octanol–water partition coefficient (Wildman–Crippen LogP) is 4.71. The lowest BCUT2D eigenvalue weighted by molar-refractivity contribution is 0.679. The minimum absolute atomic E-state index is 1.07. The first kappa shape index (κ1) is 13.3. The third-order valence-electron chi connectivity index (χ3n) is 2.18. The quantitative estimate of drug-likeness (QED) is 0.405. The van der Waals surface area contributed by atoms with Crippen LogP contribution in [0.1, 0.15) is 65.2 Å². The Morgan fingerprint density at radius 2 is 1.71 bits per heavy atom. The monoisotopic (exact) mass is 192 g/mol. The van der Waals surface area contributed by atoms with Crippen LogP contribution in [-0.4, -0.2) is 0 Å². The molecule has 0 aliphatic heterocycles. The van der Waals surface area contributed by atoms with Crippen molar-refractivity contribution in [2.24, 2.45) is 0 Å². The maximum absolute atomic E-state index is 3.18. The number of allylic oxidation sites excluding steroid dienone is 2. The summed E-state index contributed by atoms with van der Waals surface area (Å²) in [5.41, 5.74) is 0. The van der Waals surface area contributed by atoms with E-state index in [0.29, 0.717) is 0 Å². The van der Waals surface area contributed by atoms with Gasteiger partial charge in [-0.2, -0.15) is 0 Å². The summed E-state index contributed by atoms with van der Waals surface area (Å²) in [4.78, 5) is 0. The Balaban J connectivity index is 3.21. The SMILES string of the molecule is CCCC/C=C/C#CCCCCCC. The molecule has 0 nitrogen and oxygen atoms in total. The van der Waals surface area contributed by atoms with Crippen molar-refractivity contribution in [2.45, 2.75) is 65.2 Å². The van der Waals surface area contributed by atoms with E-state index >= 15 is 0 Å². The minimum Gasteiger partial charge on any atom is -0.0985 e. The Morgan fingerprint density at radius 3 is 2.43 bits per heavy atom. The van der Waals surface area contributed by atoms with Crippen molar-refractivity contribution in [1.29, 1.82) is 0 Å². The number of unbranched alkanes of at least 4 members (excludes halogenated alkanes) is 6. The number of hydrogen-bond donors (Lipinski definition) is 0. The van der Waals surface area contributed by atoms with Gasteiger partial charge in [0.1, 0.15) is 0 Å². The van der Waals surface area contributed by atoms with Crippen molar-refractivity contribution in [3.63, 3.8) is 0 Å². The highest BCUT2D eigenvalue weighted by atomic mass is 13.9. The molecule has 0 saturated heterocycles. The first-order valence-corrected chi connectivity index (χ1v) is 6.05. The lowest BCUT2D eigenvalue weighted by Crippen LogP contribution is -1.73. The minimum atomic E-state index is 1.07. The Bertz CT molecular complexity index is 178. The second-order valence-corrected chi connectivity index (χ2v) is 3.68. The van der Waals surface area contributed by atoms with Crippen molar-refractivity contribution in [3.8, 4) is 11.8 Å². The predicted molar refractivity (Wildman–Crippen MR) is 65.2 cm³/mol. The molecule has 0 rings (SSSR count). The first-order chi connectivity index (χ1) is 6.91. The summed E-state index contributed by atoms with van der Waals surface area (Å²) in [5, 5.41) is 0. The van der Waals surface area contributed by atoms with Gasteiger partial charge in [0.2, 0.25) is 0 Å². The third-order valence-corrected chi connectivity index (χ3v) is 2.18. The van der Waals surface area contributed by atoms with E-state index in [1.54, 1.807) is 0 Å². The molecule has 0 amide bonds. The van der Waals surface area contributed by atoms with Gasteiger partial charge in [-0.1, -0.05) is 63.9 Å². The second-order valence-electron chi connectivity index (χ2n) is 3.68. The van der Waals surface area contributed by atoms with Gasteiger partial charge < -0.3 is 0 Å². The maximum Gasteiger partial charge on any atom is 0.00922 e. The van der Waals surface area contributed by atoms with Gasteiger partial charge in [-0.05, 0) is 18.9 Å². The molecule has 0 bridgehead atoms. The molecule has 0 aromatic carbocycles. The molecule has 0 spiro atoms. The largest absolute Gasteiger partial charge is 0.0985 e. The zero-order valence-electron chi connectivity index (χ0n) is 9.81. The average Bonchev–Trinajstić information content (AvgIpc) is 2.21. The van der Waals surface area contributed by atoms with Gasteiger partial charge in [0.05, 0.1) is 0 Å². The second kappa shape index (κ2) is 12.3. The summed E-state index contributed by atoms with van der Waals surface area (Å²) in [6, 6.07) is 0. The van der Waals surface area contributed by atoms with E-state index in [1.807, 2.05) is 6.08 Å². The Kier molecular flexibility index (Phi) is 11.7. The number of rotatable bonds is 7. The molecule has 0 N–H and O–H groups in total. The van der Waals surface area contributed by atoms with Crippen LogP contribution in [0.25, 0.3) is 0 Å².